The summed E-state index contributed by atoms with van der Waals surface area (Å²) in [4.78, 5) is 3.57. The van der Waals surface area contributed by atoms with Crippen LogP contribution in [0.4, 0.5) is 14.5 Å². The molecule has 1 fully saturated rings. The van der Waals surface area contributed by atoms with Crippen LogP contribution in [0, 0.1) is 32.1 Å². The van der Waals surface area contributed by atoms with E-state index in [1.165, 1.54) is 12.1 Å². The van der Waals surface area contributed by atoms with E-state index in [1.54, 1.807) is 13.0 Å². The van der Waals surface area contributed by atoms with Crippen LogP contribution in [-0.2, 0) is 0 Å². The second-order valence-electron chi connectivity index (χ2n) is 7.73. The van der Waals surface area contributed by atoms with Gasteiger partial charge in [0, 0.05) is 23.3 Å². The van der Waals surface area contributed by atoms with Crippen molar-refractivity contribution in [1.29, 1.82) is 0 Å². The zero-order chi connectivity index (χ0) is 20.0. The molecule has 2 aromatic carbocycles. The monoisotopic (exact) mass is 380 g/mol. The van der Waals surface area contributed by atoms with Crippen molar-refractivity contribution in [3.8, 4) is 11.1 Å². The topological polar surface area (TPSA) is 29.5 Å². The van der Waals surface area contributed by atoms with Crippen molar-refractivity contribution in [2.45, 2.75) is 51.7 Å². The quantitative estimate of drug-likeness (QED) is 0.525. The molecule has 1 heterocycles. The summed E-state index contributed by atoms with van der Waals surface area (Å²) in [5.74, 6) is -1.17. The van der Waals surface area contributed by atoms with Crippen LogP contribution in [0.3, 0.4) is 0 Å². The van der Waals surface area contributed by atoms with E-state index in [2.05, 4.69) is 9.41 Å². The van der Waals surface area contributed by atoms with Gasteiger partial charge in [0.1, 0.15) is 11.6 Å². The number of nitrogens with zero attached hydrogens (tertiary/aromatic N) is 2. The van der Waals surface area contributed by atoms with Gasteiger partial charge < -0.3 is 9.67 Å². The first-order valence-electron chi connectivity index (χ1n) is 9.56. The SMILES string of the molecule is [C-]#[N+]c1cc2c(-c3c(F)ccc(C)c3F)cn(C3CCC(O)CC3)c2cc1C. The van der Waals surface area contributed by atoms with Crippen molar-refractivity contribution in [2.24, 2.45) is 0 Å². The van der Waals surface area contributed by atoms with Crippen molar-refractivity contribution >= 4 is 16.6 Å². The van der Waals surface area contributed by atoms with E-state index in [0.717, 1.165) is 23.9 Å². The number of fused-ring (bicyclic) bond motifs is 1. The summed E-state index contributed by atoms with van der Waals surface area (Å²) < 4.78 is 31.6. The van der Waals surface area contributed by atoms with Gasteiger partial charge >= 0.3 is 0 Å². The third kappa shape index (κ3) is 2.98. The van der Waals surface area contributed by atoms with Crippen LogP contribution in [0.2, 0.25) is 0 Å². The molecule has 0 unspecified atom stereocenters. The first kappa shape index (κ1) is 18.6. The fraction of sp³-hybridized carbons (Fsp3) is 0.348. The number of aliphatic hydroxyl groups excluding tert-OH is 1. The minimum Gasteiger partial charge on any atom is -0.393 e. The summed E-state index contributed by atoms with van der Waals surface area (Å²) in [6.07, 6.45) is 4.60. The molecular formula is C23H22F2N2O. The fourth-order valence-corrected chi connectivity index (χ4v) is 4.25. The van der Waals surface area contributed by atoms with Gasteiger partial charge in [0.05, 0.1) is 18.2 Å². The van der Waals surface area contributed by atoms with E-state index < -0.39 is 11.6 Å². The Balaban J connectivity index is 1.99. The van der Waals surface area contributed by atoms with Crippen LogP contribution in [0.5, 0.6) is 0 Å². The molecule has 0 amide bonds. The van der Waals surface area contributed by atoms with E-state index in [1.807, 2.05) is 19.2 Å². The minimum absolute atomic E-state index is 0.0422. The molecule has 0 bridgehead atoms. The van der Waals surface area contributed by atoms with Crippen molar-refractivity contribution < 1.29 is 13.9 Å². The number of hydrogen-bond acceptors (Lipinski definition) is 1. The van der Waals surface area contributed by atoms with Crippen LogP contribution in [-0.4, -0.2) is 15.8 Å². The van der Waals surface area contributed by atoms with Crippen LogP contribution in [0.1, 0.15) is 42.9 Å². The third-order valence-electron chi connectivity index (χ3n) is 5.88. The molecule has 0 saturated heterocycles. The van der Waals surface area contributed by atoms with E-state index in [-0.39, 0.29) is 17.7 Å². The summed E-state index contributed by atoms with van der Waals surface area (Å²) in [5, 5.41) is 10.5. The maximum Gasteiger partial charge on any atom is 0.190 e. The highest BCUT2D eigenvalue weighted by molar-refractivity contribution is 5.99. The lowest BCUT2D eigenvalue weighted by molar-refractivity contribution is 0.111. The Morgan fingerprint density at radius 1 is 1.07 bits per heavy atom. The van der Waals surface area contributed by atoms with Crippen molar-refractivity contribution in [3.63, 3.8) is 0 Å². The maximum atomic E-state index is 14.9. The molecule has 1 aliphatic carbocycles. The number of aromatic nitrogens is 1. The second-order valence-corrected chi connectivity index (χ2v) is 7.73. The number of halogens is 2. The molecule has 28 heavy (non-hydrogen) atoms. The van der Waals surface area contributed by atoms with Gasteiger partial charge in [-0.05, 0) is 74.2 Å². The Morgan fingerprint density at radius 3 is 2.46 bits per heavy atom. The highest BCUT2D eigenvalue weighted by Crippen LogP contribution is 2.41. The van der Waals surface area contributed by atoms with Gasteiger partial charge in [-0.2, -0.15) is 0 Å². The normalized spacial score (nSPS) is 19.7. The Hall–Kier alpha value is -2.71. The van der Waals surface area contributed by atoms with E-state index in [0.29, 0.717) is 35.0 Å². The zero-order valence-corrected chi connectivity index (χ0v) is 16.0. The molecule has 3 aromatic rings. The number of rotatable bonds is 2. The van der Waals surface area contributed by atoms with Crippen LogP contribution >= 0.6 is 0 Å². The van der Waals surface area contributed by atoms with Crippen LogP contribution in [0.15, 0.2) is 30.5 Å². The van der Waals surface area contributed by atoms with Gasteiger partial charge in [0.15, 0.2) is 5.69 Å². The summed E-state index contributed by atoms with van der Waals surface area (Å²) >= 11 is 0. The lowest BCUT2D eigenvalue weighted by Crippen LogP contribution is -2.20. The second kappa shape index (κ2) is 7.03. The standard InChI is InChI=1S/C23H22F2N2O/c1-13-4-9-19(24)22(23(13)25)18-12-27(15-5-7-16(28)8-6-15)21-10-14(2)20(26-3)11-17(18)21/h4,9-12,15-16,28H,5-8H2,1-2H3. The average molecular weight is 380 g/mol. The lowest BCUT2D eigenvalue weighted by atomic mass is 9.93. The molecule has 4 rings (SSSR count). The Kier molecular flexibility index (Phi) is 4.68. The molecule has 144 valence electrons. The Bertz CT molecular complexity index is 1100. The highest BCUT2D eigenvalue weighted by atomic mass is 19.1. The Morgan fingerprint density at radius 2 is 1.79 bits per heavy atom. The predicted octanol–water partition coefficient (Wildman–Crippen LogP) is 6.23. The molecule has 5 heteroatoms. The molecule has 0 atom stereocenters. The molecular weight excluding hydrogens is 358 g/mol. The third-order valence-corrected chi connectivity index (χ3v) is 5.88. The minimum atomic E-state index is -0.605. The fourth-order valence-electron chi connectivity index (χ4n) is 4.25. The number of benzene rings is 2. The smallest absolute Gasteiger partial charge is 0.190 e. The maximum absolute atomic E-state index is 14.9. The van der Waals surface area contributed by atoms with Crippen molar-refractivity contribution in [3.05, 3.63) is 64.6 Å². The van der Waals surface area contributed by atoms with Crippen LogP contribution < -0.4 is 0 Å². The van der Waals surface area contributed by atoms with Gasteiger partial charge in [0.25, 0.3) is 0 Å². The largest absolute Gasteiger partial charge is 0.393 e. The van der Waals surface area contributed by atoms with Crippen molar-refractivity contribution in [2.75, 3.05) is 0 Å². The van der Waals surface area contributed by atoms with E-state index >= 15 is 0 Å². The number of aryl methyl sites for hydroxylation is 2. The summed E-state index contributed by atoms with van der Waals surface area (Å²) in [6, 6.07) is 6.56. The molecule has 3 nitrogen and oxygen atoms in total. The van der Waals surface area contributed by atoms with Crippen LogP contribution in [0.25, 0.3) is 26.9 Å². The molecule has 1 aliphatic rings. The van der Waals surface area contributed by atoms with Gasteiger partial charge in [0.2, 0.25) is 0 Å². The number of aliphatic hydroxyl groups is 1. The zero-order valence-electron chi connectivity index (χ0n) is 16.0. The average Bonchev–Trinajstić information content (AvgIpc) is 3.03. The molecule has 1 saturated carbocycles. The van der Waals surface area contributed by atoms with Gasteiger partial charge in [-0.3, -0.25) is 0 Å². The van der Waals surface area contributed by atoms with Crippen molar-refractivity contribution in [1.82, 2.24) is 4.57 Å². The molecule has 0 aliphatic heterocycles. The lowest BCUT2D eigenvalue weighted by Gasteiger charge is -2.27. The first-order chi connectivity index (χ1) is 13.4. The van der Waals surface area contributed by atoms with Gasteiger partial charge in [-0.15, -0.1) is 0 Å². The molecule has 1 aromatic heterocycles. The van der Waals surface area contributed by atoms with Gasteiger partial charge in [-0.1, -0.05) is 6.07 Å². The molecule has 1 N–H and O–H groups in total. The molecule has 0 radical (unpaired) electrons. The van der Waals surface area contributed by atoms with E-state index in [4.69, 9.17) is 6.57 Å². The first-order valence-corrected chi connectivity index (χ1v) is 9.56. The summed E-state index contributed by atoms with van der Waals surface area (Å²) in [7, 11) is 0. The predicted molar refractivity (Wildman–Crippen MR) is 107 cm³/mol. The summed E-state index contributed by atoms with van der Waals surface area (Å²) in [5.41, 5.74) is 3.02. The number of hydrogen-bond donors (Lipinski definition) is 1. The van der Waals surface area contributed by atoms with E-state index in [9.17, 15) is 13.9 Å². The summed E-state index contributed by atoms with van der Waals surface area (Å²) in [6.45, 7) is 10.9. The highest BCUT2D eigenvalue weighted by Gasteiger charge is 2.25. The van der Waals surface area contributed by atoms with Gasteiger partial charge in [-0.25, -0.2) is 13.6 Å². The Labute approximate surface area is 163 Å². The molecule has 0 spiro atoms.